The number of likely N-dealkylation sites (tertiary alicyclic amines) is 1. The summed E-state index contributed by atoms with van der Waals surface area (Å²) >= 11 is 0. The summed E-state index contributed by atoms with van der Waals surface area (Å²) in [6.45, 7) is 13.2. The molecule has 0 spiro atoms. The van der Waals surface area contributed by atoms with E-state index in [9.17, 15) is 0 Å². The first kappa shape index (κ1) is 19.2. The molecule has 0 aromatic rings. The van der Waals surface area contributed by atoms with Crippen molar-refractivity contribution in [3.05, 3.63) is 0 Å². The lowest BCUT2D eigenvalue weighted by Gasteiger charge is -2.33. The number of hydrogen-bond acceptors (Lipinski definition) is 3. The molecular formula is C17H36N4O. The maximum absolute atomic E-state index is 5.34. The number of ether oxygens (including phenoxy) is 1. The van der Waals surface area contributed by atoms with Crippen molar-refractivity contribution in [2.24, 2.45) is 4.99 Å². The van der Waals surface area contributed by atoms with E-state index in [1.54, 1.807) is 0 Å². The third-order valence-electron chi connectivity index (χ3n) is 4.15. The van der Waals surface area contributed by atoms with Crippen molar-refractivity contribution in [3.63, 3.8) is 0 Å². The van der Waals surface area contributed by atoms with Crippen LogP contribution in [0.25, 0.3) is 0 Å². The van der Waals surface area contributed by atoms with Gasteiger partial charge in [-0.15, -0.1) is 0 Å². The molecule has 0 saturated carbocycles. The van der Waals surface area contributed by atoms with Gasteiger partial charge in [0.2, 0.25) is 0 Å². The Balaban J connectivity index is 2.18. The lowest BCUT2D eigenvalue weighted by Crippen LogP contribution is -2.45. The van der Waals surface area contributed by atoms with Crippen LogP contribution in [0.5, 0.6) is 0 Å². The Bertz CT molecular complexity index is 296. The minimum absolute atomic E-state index is 0.730. The Morgan fingerprint density at radius 3 is 2.82 bits per heavy atom. The van der Waals surface area contributed by atoms with E-state index in [0.717, 1.165) is 64.2 Å². The molecule has 130 valence electrons. The molecule has 1 atom stereocenters. The number of hydrogen-bond donors (Lipinski definition) is 2. The van der Waals surface area contributed by atoms with Crippen LogP contribution < -0.4 is 10.6 Å². The molecule has 0 aromatic carbocycles. The summed E-state index contributed by atoms with van der Waals surface area (Å²) in [5.74, 6) is 0.948. The number of guanidine groups is 1. The second-order valence-electron chi connectivity index (χ2n) is 5.97. The van der Waals surface area contributed by atoms with E-state index in [4.69, 9.17) is 4.74 Å². The molecule has 1 unspecified atom stereocenters. The number of nitrogens with zero attached hydrogens (tertiary/aromatic N) is 2. The molecule has 1 heterocycles. The van der Waals surface area contributed by atoms with Crippen LogP contribution in [0.3, 0.4) is 0 Å². The summed E-state index contributed by atoms with van der Waals surface area (Å²) in [5, 5.41) is 6.78. The van der Waals surface area contributed by atoms with E-state index in [1.165, 1.54) is 25.8 Å². The van der Waals surface area contributed by atoms with Crippen LogP contribution in [0.4, 0.5) is 0 Å². The molecule has 0 aromatic heterocycles. The Morgan fingerprint density at radius 1 is 1.23 bits per heavy atom. The number of rotatable bonds is 10. The number of piperidine rings is 1. The Kier molecular flexibility index (Phi) is 11.1. The van der Waals surface area contributed by atoms with E-state index in [1.807, 2.05) is 6.92 Å². The molecule has 1 fully saturated rings. The van der Waals surface area contributed by atoms with Gasteiger partial charge in [-0.25, -0.2) is 0 Å². The number of nitrogens with one attached hydrogen (secondary N) is 2. The topological polar surface area (TPSA) is 48.9 Å². The third-order valence-corrected chi connectivity index (χ3v) is 4.15. The minimum atomic E-state index is 0.730. The van der Waals surface area contributed by atoms with Crippen molar-refractivity contribution in [2.45, 2.75) is 58.9 Å². The average Bonchev–Trinajstić information content (AvgIpc) is 2.52. The normalized spacial score (nSPS) is 20.1. The maximum atomic E-state index is 5.34. The fraction of sp³-hybridized carbons (Fsp3) is 0.941. The van der Waals surface area contributed by atoms with Crippen LogP contribution in [-0.4, -0.2) is 62.8 Å². The first-order valence-electron chi connectivity index (χ1n) is 9.11. The molecule has 1 aliphatic rings. The lowest BCUT2D eigenvalue weighted by molar-refractivity contribution is 0.144. The molecule has 1 saturated heterocycles. The van der Waals surface area contributed by atoms with Crippen LogP contribution in [0.1, 0.15) is 52.9 Å². The molecular weight excluding hydrogens is 276 g/mol. The van der Waals surface area contributed by atoms with Gasteiger partial charge in [0.05, 0.1) is 0 Å². The van der Waals surface area contributed by atoms with E-state index < -0.39 is 0 Å². The first-order valence-corrected chi connectivity index (χ1v) is 9.11. The van der Waals surface area contributed by atoms with Gasteiger partial charge in [-0.3, -0.25) is 9.89 Å². The highest BCUT2D eigenvalue weighted by Gasteiger charge is 2.17. The van der Waals surface area contributed by atoms with Crippen LogP contribution in [0.2, 0.25) is 0 Å². The Labute approximate surface area is 136 Å². The highest BCUT2D eigenvalue weighted by molar-refractivity contribution is 5.79. The van der Waals surface area contributed by atoms with Crippen LogP contribution in [-0.2, 0) is 4.74 Å². The SMILES string of the molecule is CCNC(=NCCCCOCC)NCCN1CCCCC1C. The monoisotopic (exact) mass is 312 g/mol. The molecule has 22 heavy (non-hydrogen) atoms. The molecule has 2 N–H and O–H groups in total. The standard InChI is InChI=1S/C17H36N4O/c1-4-18-17(19-11-7-9-15-22-5-2)20-12-14-21-13-8-6-10-16(21)3/h16H,4-15H2,1-3H3,(H2,18,19,20). The van der Waals surface area contributed by atoms with E-state index in [2.05, 4.69) is 34.4 Å². The first-order chi connectivity index (χ1) is 10.8. The van der Waals surface area contributed by atoms with Crippen molar-refractivity contribution >= 4 is 5.96 Å². The molecule has 1 aliphatic heterocycles. The Hall–Kier alpha value is -0.810. The second-order valence-corrected chi connectivity index (χ2v) is 5.97. The van der Waals surface area contributed by atoms with Gasteiger partial charge in [-0.1, -0.05) is 6.42 Å². The summed E-state index contributed by atoms with van der Waals surface area (Å²) in [6, 6.07) is 0.730. The van der Waals surface area contributed by atoms with Crippen LogP contribution >= 0.6 is 0 Å². The van der Waals surface area contributed by atoms with Gasteiger partial charge in [0.1, 0.15) is 0 Å². The lowest BCUT2D eigenvalue weighted by atomic mass is 10.0. The summed E-state index contributed by atoms with van der Waals surface area (Å²) in [5.41, 5.74) is 0. The Morgan fingerprint density at radius 2 is 2.09 bits per heavy atom. The average molecular weight is 313 g/mol. The van der Waals surface area contributed by atoms with Crippen LogP contribution in [0, 0.1) is 0 Å². The molecule has 0 aliphatic carbocycles. The van der Waals surface area contributed by atoms with Gasteiger partial charge in [0.15, 0.2) is 5.96 Å². The molecule has 0 amide bonds. The zero-order valence-electron chi connectivity index (χ0n) is 14.9. The zero-order chi connectivity index (χ0) is 16.0. The van der Waals surface area contributed by atoms with Crippen molar-refractivity contribution < 1.29 is 4.74 Å². The van der Waals surface area contributed by atoms with Gasteiger partial charge in [0, 0.05) is 45.4 Å². The molecule has 0 radical (unpaired) electrons. The zero-order valence-corrected chi connectivity index (χ0v) is 14.9. The quantitative estimate of drug-likeness (QED) is 0.369. The second kappa shape index (κ2) is 12.7. The predicted molar refractivity (Wildman–Crippen MR) is 94.6 cm³/mol. The van der Waals surface area contributed by atoms with E-state index in [-0.39, 0.29) is 0 Å². The van der Waals surface area contributed by atoms with Crippen molar-refractivity contribution in [2.75, 3.05) is 45.9 Å². The predicted octanol–water partition coefficient (Wildman–Crippen LogP) is 2.23. The van der Waals surface area contributed by atoms with Gasteiger partial charge < -0.3 is 15.4 Å². The summed E-state index contributed by atoms with van der Waals surface area (Å²) in [6.07, 6.45) is 6.24. The van der Waals surface area contributed by atoms with Gasteiger partial charge in [-0.2, -0.15) is 0 Å². The fourth-order valence-electron chi connectivity index (χ4n) is 2.80. The smallest absolute Gasteiger partial charge is 0.191 e. The highest BCUT2D eigenvalue weighted by Crippen LogP contribution is 2.15. The molecule has 5 nitrogen and oxygen atoms in total. The summed E-state index contributed by atoms with van der Waals surface area (Å²) in [7, 11) is 0. The fourth-order valence-corrected chi connectivity index (χ4v) is 2.80. The van der Waals surface area contributed by atoms with Gasteiger partial charge in [-0.05, 0) is 53.0 Å². The summed E-state index contributed by atoms with van der Waals surface area (Å²) < 4.78 is 5.34. The number of aliphatic imine (C=N–C) groups is 1. The molecule has 5 heteroatoms. The summed E-state index contributed by atoms with van der Waals surface area (Å²) in [4.78, 5) is 7.22. The molecule has 1 rings (SSSR count). The largest absolute Gasteiger partial charge is 0.382 e. The minimum Gasteiger partial charge on any atom is -0.382 e. The van der Waals surface area contributed by atoms with E-state index in [0.29, 0.717) is 0 Å². The van der Waals surface area contributed by atoms with Crippen LogP contribution in [0.15, 0.2) is 4.99 Å². The van der Waals surface area contributed by atoms with Crippen molar-refractivity contribution in [3.8, 4) is 0 Å². The maximum Gasteiger partial charge on any atom is 0.191 e. The van der Waals surface area contributed by atoms with Gasteiger partial charge >= 0.3 is 0 Å². The highest BCUT2D eigenvalue weighted by atomic mass is 16.5. The number of unbranched alkanes of at least 4 members (excludes halogenated alkanes) is 1. The van der Waals surface area contributed by atoms with E-state index >= 15 is 0 Å². The molecule has 0 bridgehead atoms. The van der Waals surface area contributed by atoms with Crippen molar-refractivity contribution in [1.29, 1.82) is 0 Å². The van der Waals surface area contributed by atoms with Crippen molar-refractivity contribution in [1.82, 2.24) is 15.5 Å². The van der Waals surface area contributed by atoms with Gasteiger partial charge in [0.25, 0.3) is 0 Å². The third kappa shape index (κ3) is 8.59.